The van der Waals surface area contributed by atoms with E-state index in [2.05, 4.69) is 0 Å². The largest absolute Gasteiger partial charge is 0.289 e. The van der Waals surface area contributed by atoms with Crippen molar-refractivity contribution in [2.24, 2.45) is 0 Å². The Morgan fingerprint density at radius 2 is 2.12 bits per heavy atom. The lowest BCUT2D eigenvalue weighted by Gasteiger charge is -1.96. The number of ketones is 1. The third-order valence-electron chi connectivity index (χ3n) is 2.24. The molecular weight excluding hydrogens is 216 g/mol. The summed E-state index contributed by atoms with van der Waals surface area (Å²) in [4.78, 5) is 12.9. The Kier molecular flexibility index (Phi) is 3.32. The lowest BCUT2D eigenvalue weighted by molar-refractivity contribution is 0.104. The Balaban J connectivity index is 2.15. The second kappa shape index (κ2) is 4.90. The van der Waals surface area contributed by atoms with Crippen molar-refractivity contribution in [1.82, 2.24) is 0 Å². The van der Waals surface area contributed by atoms with E-state index in [0.29, 0.717) is 0 Å². The molecule has 0 saturated heterocycles. The van der Waals surface area contributed by atoms with Crippen molar-refractivity contribution >= 4 is 23.2 Å². The molecule has 2 aromatic rings. The van der Waals surface area contributed by atoms with Crippen LogP contribution in [0.3, 0.4) is 0 Å². The first-order chi connectivity index (χ1) is 7.75. The first kappa shape index (κ1) is 10.8. The molecule has 80 valence electrons. The van der Waals surface area contributed by atoms with E-state index in [1.807, 2.05) is 54.8 Å². The summed E-state index contributed by atoms with van der Waals surface area (Å²) in [5.41, 5.74) is 1.85. The fourth-order valence-corrected chi connectivity index (χ4v) is 2.06. The van der Waals surface area contributed by atoms with Crippen LogP contribution >= 0.6 is 11.3 Å². The highest BCUT2D eigenvalue weighted by atomic mass is 32.1. The molecule has 2 heteroatoms. The van der Waals surface area contributed by atoms with Gasteiger partial charge in [0.05, 0.1) is 0 Å². The first-order valence-electron chi connectivity index (χ1n) is 5.08. The fraction of sp³-hybridized carbons (Fsp3) is 0.0714. The smallest absolute Gasteiger partial charge is 0.185 e. The summed E-state index contributed by atoms with van der Waals surface area (Å²) < 4.78 is 0. The Bertz CT molecular complexity index is 509. The zero-order valence-corrected chi connectivity index (χ0v) is 9.83. The van der Waals surface area contributed by atoms with Crippen LogP contribution in [-0.4, -0.2) is 5.78 Å². The minimum atomic E-state index is 0.0529. The third-order valence-corrected chi connectivity index (χ3v) is 3.08. The molecule has 1 nitrogen and oxygen atoms in total. The van der Waals surface area contributed by atoms with E-state index in [-0.39, 0.29) is 5.78 Å². The molecule has 0 aliphatic heterocycles. The molecular formula is C14H12OS. The maximum atomic E-state index is 11.8. The minimum Gasteiger partial charge on any atom is -0.289 e. The van der Waals surface area contributed by atoms with Gasteiger partial charge in [0.1, 0.15) is 0 Å². The predicted molar refractivity (Wildman–Crippen MR) is 68.9 cm³/mol. The van der Waals surface area contributed by atoms with Crippen LogP contribution in [0, 0.1) is 6.92 Å². The van der Waals surface area contributed by atoms with E-state index >= 15 is 0 Å². The number of carbonyl (C=O) groups excluding carboxylic acids is 1. The van der Waals surface area contributed by atoms with E-state index in [1.165, 1.54) is 0 Å². The van der Waals surface area contributed by atoms with E-state index < -0.39 is 0 Å². The maximum absolute atomic E-state index is 11.8. The number of thiophene rings is 1. The van der Waals surface area contributed by atoms with Crippen molar-refractivity contribution in [2.75, 3.05) is 0 Å². The molecule has 2 rings (SSSR count). The lowest BCUT2D eigenvalue weighted by Crippen LogP contribution is -1.93. The second-order valence-corrected chi connectivity index (χ2v) is 4.56. The summed E-state index contributed by atoms with van der Waals surface area (Å²) in [5.74, 6) is 0.0529. The van der Waals surface area contributed by atoms with Crippen LogP contribution in [-0.2, 0) is 0 Å². The van der Waals surface area contributed by atoms with Crippen LogP contribution in [0.2, 0.25) is 0 Å². The van der Waals surface area contributed by atoms with Crippen molar-refractivity contribution in [1.29, 1.82) is 0 Å². The van der Waals surface area contributed by atoms with Crippen molar-refractivity contribution in [2.45, 2.75) is 6.92 Å². The van der Waals surface area contributed by atoms with Gasteiger partial charge in [-0.05, 0) is 36.6 Å². The molecule has 0 bridgehead atoms. The molecule has 16 heavy (non-hydrogen) atoms. The first-order valence-corrected chi connectivity index (χ1v) is 5.96. The van der Waals surface area contributed by atoms with Gasteiger partial charge >= 0.3 is 0 Å². The highest BCUT2D eigenvalue weighted by Gasteiger charge is 2.00. The van der Waals surface area contributed by atoms with E-state index in [0.717, 1.165) is 16.0 Å². The second-order valence-electron chi connectivity index (χ2n) is 3.58. The Morgan fingerprint density at radius 3 is 2.81 bits per heavy atom. The standard InChI is InChI=1S/C14H12OS/c1-11-4-2-5-12(10-11)14(15)8-7-13-6-3-9-16-13/h2-10H,1H3. The third kappa shape index (κ3) is 2.67. The molecule has 0 N–H and O–H groups in total. The Morgan fingerprint density at radius 1 is 1.25 bits per heavy atom. The van der Waals surface area contributed by atoms with Gasteiger partial charge in [-0.2, -0.15) is 0 Å². The summed E-state index contributed by atoms with van der Waals surface area (Å²) >= 11 is 1.62. The molecule has 0 unspecified atom stereocenters. The Hall–Kier alpha value is -1.67. The van der Waals surface area contributed by atoms with Gasteiger partial charge in [-0.3, -0.25) is 4.79 Å². The molecule has 0 aliphatic carbocycles. The number of hydrogen-bond acceptors (Lipinski definition) is 2. The number of rotatable bonds is 3. The van der Waals surface area contributed by atoms with Crippen LogP contribution in [0.5, 0.6) is 0 Å². The molecule has 1 aromatic heterocycles. The van der Waals surface area contributed by atoms with Crippen molar-refractivity contribution in [3.8, 4) is 0 Å². The van der Waals surface area contributed by atoms with E-state index in [1.54, 1.807) is 17.4 Å². The van der Waals surface area contributed by atoms with Gasteiger partial charge in [0.15, 0.2) is 5.78 Å². The fourth-order valence-electron chi connectivity index (χ4n) is 1.44. The molecule has 0 amide bonds. The molecule has 0 radical (unpaired) electrons. The number of aryl methyl sites for hydroxylation is 1. The van der Waals surface area contributed by atoms with Crippen LogP contribution in [0.25, 0.3) is 6.08 Å². The van der Waals surface area contributed by atoms with Gasteiger partial charge in [0, 0.05) is 10.4 Å². The van der Waals surface area contributed by atoms with Gasteiger partial charge in [-0.1, -0.05) is 29.8 Å². The van der Waals surface area contributed by atoms with Crippen molar-refractivity contribution in [3.05, 3.63) is 63.9 Å². The van der Waals surface area contributed by atoms with Gasteiger partial charge in [-0.15, -0.1) is 11.3 Å². The average molecular weight is 228 g/mol. The van der Waals surface area contributed by atoms with E-state index in [4.69, 9.17) is 0 Å². The van der Waals surface area contributed by atoms with Crippen LogP contribution in [0.1, 0.15) is 20.8 Å². The normalized spacial score (nSPS) is 10.8. The summed E-state index contributed by atoms with van der Waals surface area (Å²) in [5, 5.41) is 2.00. The molecule has 0 spiro atoms. The number of hydrogen-bond donors (Lipinski definition) is 0. The number of allylic oxidation sites excluding steroid dienone is 1. The molecule has 1 aromatic carbocycles. The van der Waals surface area contributed by atoms with Crippen molar-refractivity contribution in [3.63, 3.8) is 0 Å². The van der Waals surface area contributed by atoms with Gasteiger partial charge in [0.2, 0.25) is 0 Å². The predicted octanol–water partition coefficient (Wildman–Crippen LogP) is 3.95. The van der Waals surface area contributed by atoms with Gasteiger partial charge in [0.25, 0.3) is 0 Å². The molecule has 0 saturated carbocycles. The molecule has 0 aliphatic rings. The SMILES string of the molecule is Cc1cccc(C(=O)C=Cc2cccs2)c1. The van der Waals surface area contributed by atoms with Crippen molar-refractivity contribution < 1.29 is 4.79 Å². The number of benzene rings is 1. The quantitative estimate of drug-likeness (QED) is 0.574. The summed E-state index contributed by atoms with van der Waals surface area (Å²) in [6, 6.07) is 11.6. The highest BCUT2D eigenvalue weighted by molar-refractivity contribution is 7.10. The maximum Gasteiger partial charge on any atom is 0.185 e. The summed E-state index contributed by atoms with van der Waals surface area (Å²) in [6.45, 7) is 1.99. The van der Waals surface area contributed by atoms with E-state index in [9.17, 15) is 4.79 Å². The monoisotopic (exact) mass is 228 g/mol. The van der Waals surface area contributed by atoms with Crippen LogP contribution in [0.4, 0.5) is 0 Å². The number of carbonyl (C=O) groups is 1. The summed E-state index contributed by atoms with van der Waals surface area (Å²) in [7, 11) is 0. The molecule has 0 fully saturated rings. The molecule has 0 atom stereocenters. The summed E-state index contributed by atoms with van der Waals surface area (Å²) in [6.07, 6.45) is 3.48. The van der Waals surface area contributed by atoms with Crippen LogP contribution < -0.4 is 0 Å². The zero-order valence-electron chi connectivity index (χ0n) is 9.01. The Labute approximate surface area is 99.1 Å². The lowest BCUT2D eigenvalue weighted by atomic mass is 10.1. The topological polar surface area (TPSA) is 17.1 Å². The highest BCUT2D eigenvalue weighted by Crippen LogP contribution is 2.12. The zero-order chi connectivity index (χ0) is 11.4. The van der Waals surface area contributed by atoms with Crippen LogP contribution in [0.15, 0.2) is 47.9 Å². The average Bonchev–Trinajstić information content (AvgIpc) is 2.78. The molecule has 1 heterocycles. The minimum absolute atomic E-state index is 0.0529. The van der Waals surface area contributed by atoms with Gasteiger partial charge in [-0.25, -0.2) is 0 Å². The van der Waals surface area contributed by atoms with Gasteiger partial charge < -0.3 is 0 Å².